The van der Waals surface area contributed by atoms with E-state index in [9.17, 15) is 31.6 Å². The molecule has 9 heteroatoms. The Hall–Kier alpha value is -7.57. The fraction of sp³-hybridized carbons (Fsp3) is 0.140. The summed E-state index contributed by atoms with van der Waals surface area (Å²) in [7, 11) is 0. The minimum atomic E-state index is -5.13. The fourth-order valence-corrected chi connectivity index (χ4v) is 10.5. The molecule has 10 aromatic rings. The van der Waals surface area contributed by atoms with Crippen molar-refractivity contribution in [1.82, 2.24) is 9.13 Å². The highest BCUT2D eigenvalue weighted by Gasteiger charge is 2.38. The third-order valence-electron chi connectivity index (χ3n) is 12.9. The van der Waals surface area contributed by atoms with Gasteiger partial charge in [-0.05, 0) is 146 Å². The van der Waals surface area contributed by atoms with Gasteiger partial charge >= 0.3 is 12.4 Å². The maximum Gasteiger partial charge on any atom is 0.416 e. The van der Waals surface area contributed by atoms with Gasteiger partial charge in [-0.25, -0.2) is 0 Å². The summed E-state index contributed by atoms with van der Waals surface area (Å²) in [5.41, 5.74) is 10.4. The van der Waals surface area contributed by atoms with Gasteiger partial charge < -0.3 is 9.13 Å². The van der Waals surface area contributed by atoms with E-state index in [0.29, 0.717) is 22.1 Å². The number of benzene rings is 8. The van der Waals surface area contributed by atoms with E-state index in [1.165, 1.54) is 0 Å². The number of hydrogen-bond donors (Lipinski definition) is 0. The molecule has 0 radical (unpaired) electrons. The highest BCUT2D eigenvalue weighted by Crippen LogP contribution is 2.47. The van der Waals surface area contributed by atoms with Crippen LogP contribution >= 0.6 is 0 Å². The van der Waals surface area contributed by atoms with Crippen molar-refractivity contribution in [2.75, 3.05) is 0 Å². The maximum absolute atomic E-state index is 14.9. The molecule has 2 heterocycles. The summed E-state index contributed by atoms with van der Waals surface area (Å²) in [5.74, 6) is 0. The molecule has 0 N–H and O–H groups in total. The number of hydrogen-bond acceptors (Lipinski definition) is 1. The molecule has 3 nitrogen and oxygen atoms in total. The van der Waals surface area contributed by atoms with Crippen molar-refractivity contribution in [3.05, 3.63) is 190 Å². The Kier molecular flexibility index (Phi) is 9.81. The van der Waals surface area contributed by atoms with E-state index in [0.717, 1.165) is 89.3 Å². The zero-order valence-electron chi connectivity index (χ0n) is 36.9. The number of aryl methyl sites for hydroxylation is 6. The first kappa shape index (κ1) is 42.4. The second kappa shape index (κ2) is 15.3. The Morgan fingerprint density at radius 1 is 0.394 bits per heavy atom. The number of aromatic nitrogens is 2. The average molecular weight is 882 g/mol. The lowest BCUT2D eigenvalue weighted by atomic mass is 9.93. The third-order valence-corrected chi connectivity index (χ3v) is 12.9. The molecule has 0 saturated carbocycles. The lowest BCUT2D eigenvalue weighted by Gasteiger charge is -2.23. The summed E-state index contributed by atoms with van der Waals surface area (Å²) >= 11 is 0. The van der Waals surface area contributed by atoms with Gasteiger partial charge in [0, 0.05) is 27.1 Å². The van der Waals surface area contributed by atoms with Gasteiger partial charge in [0.15, 0.2) is 0 Å². The molecule has 326 valence electrons. The highest BCUT2D eigenvalue weighted by molar-refractivity contribution is 6.13. The summed E-state index contributed by atoms with van der Waals surface area (Å²) in [6.07, 6.45) is -10.3. The molecule has 0 amide bonds. The van der Waals surface area contributed by atoms with Crippen molar-refractivity contribution in [3.8, 4) is 50.8 Å². The Labute approximate surface area is 377 Å². The lowest BCUT2D eigenvalue weighted by Crippen LogP contribution is -2.12. The second-order valence-electron chi connectivity index (χ2n) is 17.5. The van der Waals surface area contributed by atoms with E-state index in [1.54, 1.807) is 12.1 Å². The predicted molar refractivity (Wildman–Crippen MR) is 255 cm³/mol. The van der Waals surface area contributed by atoms with Crippen molar-refractivity contribution in [2.45, 2.75) is 53.9 Å². The minimum absolute atomic E-state index is 0.0807. The van der Waals surface area contributed by atoms with Crippen LogP contribution in [0.2, 0.25) is 0 Å². The molecule has 0 fully saturated rings. The largest absolute Gasteiger partial charge is 0.416 e. The van der Waals surface area contributed by atoms with E-state index in [1.807, 2.05) is 136 Å². The third kappa shape index (κ3) is 6.91. The average Bonchev–Trinajstić information content (AvgIpc) is 3.76. The number of halogens is 6. The van der Waals surface area contributed by atoms with E-state index in [4.69, 9.17) is 0 Å². The van der Waals surface area contributed by atoms with Gasteiger partial charge in [-0.2, -0.15) is 31.6 Å². The molecular formula is C57H41F6N3. The molecule has 0 aliphatic carbocycles. The number of nitriles is 1. The number of nitrogens with zero attached hydrogens (tertiary/aromatic N) is 3. The lowest BCUT2D eigenvalue weighted by molar-refractivity contribution is -0.143. The van der Waals surface area contributed by atoms with Crippen molar-refractivity contribution >= 4 is 43.6 Å². The molecule has 0 aliphatic heterocycles. The molecule has 0 atom stereocenters. The molecule has 0 unspecified atom stereocenters. The monoisotopic (exact) mass is 881 g/mol. The molecule has 0 spiro atoms. The van der Waals surface area contributed by atoms with E-state index in [-0.39, 0.29) is 34.1 Å². The Bertz CT molecular complexity index is 3430. The van der Waals surface area contributed by atoms with E-state index in [2.05, 4.69) is 30.3 Å². The summed E-state index contributed by atoms with van der Waals surface area (Å²) in [6, 6.07) is 42.9. The Morgan fingerprint density at radius 3 is 1.15 bits per heavy atom. The van der Waals surface area contributed by atoms with Crippen molar-refractivity contribution < 1.29 is 26.3 Å². The molecular weight excluding hydrogens is 841 g/mol. The normalized spacial score (nSPS) is 12.2. The van der Waals surface area contributed by atoms with Crippen molar-refractivity contribution in [1.29, 1.82) is 5.26 Å². The molecule has 8 aromatic carbocycles. The van der Waals surface area contributed by atoms with Crippen LogP contribution in [-0.2, 0) is 12.4 Å². The molecule has 10 rings (SSSR count). The van der Waals surface area contributed by atoms with Crippen molar-refractivity contribution in [3.63, 3.8) is 0 Å². The summed E-state index contributed by atoms with van der Waals surface area (Å²) in [6.45, 7) is 12.2. The SMILES string of the molecule is Cc1cc(C)c(-c2ccc3c4ccccc4n(-c4cc(C#N)cc(-n5c6ccccc6c6ccc(-c7c(C)cc(C)cc7C)cc65)c4-c4cc(C(F)(F)F)cc(C(F)(F)F)c4)c3c2)c(C)c1. The first-order chi connectivity index (χ1) is 31.4. The van der Waals surface area contributed by atoms with Crippen LogP contribution in [0.4, 0.5) is 26.3 Å². The van der Waals surface area contributed by atoms with E-state index >= 15 is 0 Å². The summed E-state index contributed by atoms with van der Waals surface area (Å²) in [4.78, 5) is 0. The first-order valence-electron chi connectivity index (χ1n) is 21.5. The highest BCUT2D eigenvalue weighted by atomic mass is 19.4. The Balaban J connectivity index is 1.41. The molecule has 0 saturated heterocycles. The van der Waals surface area contributed by atoms with Crippen molar-refractivity contribution in [2.24, 2.45) is 0 Å². The number of fused-ring (bicyclic) bond motifs is 6. The van der Waals surface area contributed by atoms with Crippen LogP contribution in [-0.4, -0.2) is 9.13 Å². The van der Waals surface area contributed by atoms with E-state index < -0.39 is 23.5 Å². The van der Waals surface area contributed by atoms with Gasteiger partial charge in [0.2, 0.25) is 0 Å². The molecule has 66 heavy (non-hydrogen) atoms. The molecule has 2 aromatic heterocycles. The zero-order chi connectivity index (χ0) is 46.6. The van der Waals surface area contributed by atoms with Gasteiger partial charge in [0.05, 0.1) is 56.2 Å². The maximum atomic E-state index is 14.9. The number of rotatable bonds is 5. The fourth-order valence-electron chi connectivity index (χ4n) is 10.5. The van der Waals surface area contributed by atoms with Crippen LogP contribution in [0.3, 0.4) is 0 Å². The van der Waals surface area contributed by atoms with Crippen LogP contribution in [0.25, 0.3) is 88.4 Å². The van der Waals surface area contributed by atoms with Gasteiger partial charge in [-0.15, -0.1) is 0 Å². The van der Waals surface area contributed by atoms with Gasteiger partial charge in [0.1, 0.15) is 0 Å². The number of alkyl halides is 6. The van der Waals surface area contributed by atoms with Gasteiger partial charge in [0.25, 0.3) is 0 Å². The summed E-state index contributed by atoms with van der Waals surface area (Å²) in [5, 5.41) is 14.2. The van der Waals surface area contributed by atoms with Crippen LogP contribution in [0.1, 0.15) is 50.1 Å². The number of para-hydroxylation sites is 2. The Morgan fingerprint density at radius 2 is 0.773 bits per heavy atom. The van der Waals surface area contributed by atoms with Crippen LogP contribution in [0, 0.1) is 52.9 Å². The van der Waals surface area contributed by atoms with Crippen LogP contribution in [0.5, 0.6) is 0 Å². The quantitative estimate of drug-likeness (QED) is 0.159. The minimum Gasteiger partial charge on any atom is -0.308 e. The summed E-state index contributed by atoms with van der Waals surface area (Å²) < 4.78 is 93.3. The topological polar surface area (TPSA) is 33.6 Å². The van der Waals surface area contributed by atoms with Gasteiger partial charge in [-0.3, -0.25) is 0 Å². The van der Waals surface area contributed by atoms with Crippen LogP contribution in [0.15, 0.2) is 140 Å². The van der Waals surface area contributed by atoms with Gasteiger partial charge in [-0.1, -0.05) is 96.1 Å². The molecule has 0 bridgehead atoms. The zero-order valence-corrected chi connectivity index (χ0v) is 36.9. The predicted octanol–water partition coefficient (Wildman–Crippen LogP) is 16.6. The standard InChI is InChI=1S/C57H41F6N3/c1-31-19-33(3)53(34(4)20-31)38-15-17-45-43-11-7-9-13-47(43)65(49(45)27-38)51-23-37(30-64)24-52(55(51)40-25-41(56(58,59)60)29-42(26-40)57(61,62)63)66-48-14-10-8-12-44(48)46-18-16-39(28-50(46)66)54-35(5)21-32(2)22-36(54)6/h7-29H,1-6H3. The molecule has 0 aliphatic rings. The van der Waals surface area contributed by atoms with Crippen LogP contribution < -0.4 is 0 Å². The smallest absolute Gasteiger partial charge is 0.308 e. The first-order valence-corrected chi connectivity index (χ1v) is 21.5. The second-order valence-corrected chi connectivity index (χ2v) is 17.5.